The van der Waals surface area contributed by atoms with Gasteiger partial charge in [-0.1, -0.05) is 13.8 Å². The van der Waals surface area contributed by atoms with Gasteiger partial charge in [0, 0.05) is 37.7 Å². The first-order chi connectivity index (χ1) is 11.2. The molecule has 4 aliphatic rings. The van der Waals surface area contributed by atoms with Gasteiger partial charge >= 0.3 is 0 Å². The maximum absolute atomic E-state index is 13.4. The van der Waals surface area contributed by atoms with Crippen LogP contribution >= 0.6 is 22.6 Å². The van der Waals surface area contributed by atoms with E-state index in [0.717, 1.165) is 28.8 Å². The van der Waals surface area contributed by atoms with Crippen molar-refractivity contribution in [3.05, 3.63) is 15.7 Å². The minimum absolute atomic E-state index is 0.0119. The molecule has 1 aromatic heterocycles. The van der Waals surface area contributed by atoms with Crippen molar-refractivity contribution in [1.82, 2.24) is 14.5 Å². The number of imidazole rings is 1. The molecular weight excluding hydrogens is 427 g/mol. The highest BCUT2D eigenvalue weighted by Gasteiger charge is 2.72. The van der Waals surface area contributed by atoms with Crippen LogP contribution in [0.3, 0.4) is 0 Å². The van der Waals surface area contributed by atoms with Crippen LogP contribution in [0.25, 0.3) is 0 Å². The van der Waals surface area contributed by atoms with Crippen molar-refractivity contribution in [2.24, 2.45) is 5.92 Å². The summed E-state index contributed by atoms with van der Waals surface area (Å²) in [5.41, 5.74) is 0.161. The van der Waals surface area contributed by atoms with E-state index in [-0.39, 0.29) is 29.8 Å². The number of likely N-dealkylation sites (tertiary alicyclic amines) is 1. The summed E-state index contributed by atoms with van der Waals surface area (Å²) >= 11 is 2.19. The summed E-state index contributed by atoms with van der Waals surface area (Å²) in [7, 11) is 0. The first-order valence-corrected chi connectivity index (χ1v) is 9.81. The van der Waals surface area contributed by atoms with E-state index in [9.17, 15) is 13.9 Å². The summed E-state index contributed by atoms with van der Waals surface area (Å²) in [6.07, 6.45) is 4.44. The third-order valence-electron chi connectivity index (χ3n) is 6.25. The maximum Gasteiger partial charge on any atom is 0.250 e. The van der Waals surface area contributed by atoms with E-state index >= 15 is 0 Å². The molecule has 0 radical (unpaired) electrons. The number of piperidine rings is 1. The molecule has 3 saturated carbocycles. The number of aromatic nitrogens is 2. The zero-order valence-corrected chi connectivity index (χ0v) is 16.3. The van der Waals surface area contributed by atoms with E-state index in [1.165, 1.54) is 0 Å². The Morgan fingerprint density at radius 3 is 2.29 bits per heavy atom. The lowest BCUT2D eigenvalue weighted by molar-refractivity contribution is -0.224. The molecule has 4 fully saturated rings. The van der Waals surface area contributed by atoms with Crippen molar-refractivity contribution in [3.8, 4) is 0 Å². The molecule has 0 spiro atoms. The summed E-state index contributed by atoms with van der Waals surface area (Å²) in [5.74, 6) is -1.60. The maximum atomic E-state index is 13.4. The molecule has 24 heavy (non-hydrogen) atoms. The van der Waals surface area contributed by atoms with Crippen molar-refractivity contribution >= 4 is 22.6 Å². The third kappa shape index (κ3) is 2.45. The zero-order valence-electron chi connectivity index (χ0n) is 14.1. The number of hydrogen-bond donors (Lipinski definition) is 1. The highest BCUT2D eigenvalue weighted by molar-refractivity contribution is 14.1. The van der Waals surface area contributed by atoms with Crippen LogP contribution in [0.15, 0.2) is 6.20 Å². The van der Waals surface area contributed by atoms with E-state index in [1.54, 1.807) is 0 Å². The van der Waals surface area contributed by atoms with Crippen LogP contribution in [-0.4, -0.2) is 44.1 Å². The van der Waals surface area contributed by atoms with Crippen molar-refractivity contribution in [2.75, 3.05) is 13.1 Å². The van der Waals surface area contributed by atoms with Crippen LogP contribution in [0.4, 0.5) is 8.78 Å². The lowest BCUT2D eigenvalue weighted by atomic mass is 9.43. The average molecular weight is 451 g/mol. The van der Waals surface area contributed by atoms with Gasteiger partial charge in [0.05, 0.1) is 5.54 Å². The summed E-state index contributed by atoms with van der Waals surface area (Å²) in [4.78, 5) is 6.83. The highest BCUT2D eigenvalue weighted by Crippen LogP contribution is 2.69. The van der Waals surface area contributed by atoms with Gasteiger partial charge in [-0.2, -0.15) is 0 Å². The van der Waals surface area contributed by atoms with Crippen molar-refractivity contribution in [3.63, 3.8) is 0 Å². The predicted molar refractivity (Wildman–Crippen MR) is 95.1 cm³/mol. The van der Waals surface area contributed by atoms with E-state index in [0.29, 0.717) is 13.1 Å². The molecular formula is C17H24F2IN3O. The number of halogens is 3. The Balaban J connectivity index is 1.49. The van der Waals surface area contributed by atoms with Crippen LogP contribution in [-0.2, 0) is 5.54 Å². The Morgan fingerprint density at radius 2 is 1.75 bits per heavy atom. The van der Waals surface area contributed by atoms with Crippen molar-refractivity contribution in [2.45, 2.75) is 69.1 Å². The fourth-order valence-electron chi connectivity index (χ4n) is 4.83. The molecule has 1 saturated heterocycles. The van der Waals surface area contributed by atoms with Crippen LogP contribution in [0.1, 0.15) is 57.9 Å². The average Bonchev–Trinajstić information content (AvgIpc) is 2.78. The van der Waals surface area contributed by atoms with Gasteiger partial charge in [-0.05, 0) is 47.8 Å². The summed E-state index contributed by atoms with van der Waals surface area (Å²) in [6.45, 7) is 5.00. The third-order valence-corrected chi connectivity index (χ3v) is 6.77. The molecule has 1 aliphatic heterocycles. The predicted octanol–water partition coefficient (Wildman–Crippen LogP) is 3.54. The Hall–Kier alpha value is -0.280. The Morgan fingerprint density at radius 1 is 1.17 bits per heavy atom. The molecule has 4 nitrogen and oxygen atoms in total. The van der Waals surface area contributed by atoms with E-state index in [1.807, 2.05) is 20.0 Å². The Kier molecular flexibility index (Phi) is 3.83. The van der Waals surface area contributed by atoms with Crippen LogP contribution in [0.5, 0.6) is 0 Å². The van der Waals surface area contributed by atoms with Crippen LogP contribution in [0.2, 0.25) is 0 Å². The summed E-state index contributed by atoms with van der Waals surface area (Å²) < 4.78 is 29.9. The van der Waals surface area contributed by atoms with Gasteiger partial charge in [0.15, 0.2) is 0 Å². The molecule has 1 N–H and O–H groups in total. The first kappa shape index (κ1) is 17.1. The molecule has 7 heteroatoms. The van der Waals surface area contributed by atoms with Gasteiger partial charge in [0.25, 0.3) is 5.92 Å². The molecule has 3 aliphatic carbocycles. The second-order valence-electron chi connectivity index (χ2n) is 8.30. The van der Waals surface area contributed by atoms with Gasteiger partial charge in [0.2, 0.25) is 0 Å². The SMILES string of the molecule is CC(C)C(O)c1nc(I)cn1C12CC(N3CCC(F)(F)CC3)(C1)C2. The molecule has 5 rings (SSSR count). The number of alkyl halides is 2. The van der Waals surface area contributed by atoms with Gasteiger partial charge < -0.3 is 9.67 Å². The lowest BCUT2D eigenvalue weighted by Crippen LogP contribution is -2.79. The molecule has 0 amide bonds. The number of nitrogens with zero attached hydrogens (tertiary/aromatic N) is 3. The fourth-order valence-corrected chi connectivity index (χ4v) is 5.36. The zero-order chi connectivity index (χ0) is 17.3. The minimum atomic E-state index is -2.48. The first-order valence-electron chi connectivity index (χ1n) is 8.73. The Bertz CT molecular complexity index is 630. The normalized spacial score (nSPS) is 36.3. The number of hydrogen-bond acceptors (Lipinski definition) is 3. The second kappa shape index (κ2) is 5.36. The van der Waals surface area contributed by atoms with Gasteiger partial charge in [-0.15, -0.1) is 0 Å². The van der Waals surface area contributed by atoms with Crippen LogP contribution < -0.4 is 0 Å². The minimum Gasteiger partial charge on any atom is -0.385 e. The van der Waals surface area contributed by atoms with Gasteiger partial charge in [0.1, 0.15) is 15.6 Å². The van der Waals surface area contributed by atoms with Crippen LogP contribution in [0, 0.1) is 9.62 Å². The Labute approximate surface area is 154 Å². The highest BCUT2D eigenvalue weighted by atomic mass is 127. The lowest BCUT2D eigenvalue weighted by Gasteiger charge is -2.75. The van der Waals surface area contributed by atoms with E-state index in [2.05, 4.69) is 37.0 Å². The molecule has 1 atom stereocenters. The molecule has 1 aromatic rings. The summed E-state index contributed by atoms with van der Waals surface area (Å²) in [5, 5.41) is 10.5. The van der Waals surface area contributed by atoms with Crippen molar-refractivity contribution in [1.29, 1.82) is 0 Å². The molecule has 1 unspecified atom stereocenters. The summed E-state index contributed by atoms with van der Waals surface area (Å²) in [6, 6.07) is 0. The van der Waals surface area contributed by atoms with Gasteiger partial charge in [-0.3, -0.25) is 4.90 Å². The molecule has 134 valence electrons. The van der Waals surface area contributed by atoms with Crippen molar-refractivity contribution < 1.29 is 13.9 Å². The molecule has 0 aromatic carbocycles. The quantitative estimate of drug-likeness (QED) is 0.713. The van der Waals surface area contributed by atoms with Gasteiger partial charge in [-0.25, -0.2) is 13.8 Å². The van der Waals surface area contributed by atoms with E-state index in [4.69, 9.17) is 0 Å². The topological polar surface area (TPSA) is 41.3 Å². The smallest absolute Gasteiger partial charge is 0.250 e. The molecule has 2 heterocycles. The monoisotopic (exact) mass is 451 g/mol. The largest absolute Gasteiger partial charge is 0.385 e. The molecule has 2 bridgehead atoms. The number of aliphatic hydroxyl groups excluding tert-OH is 1. The standard InChI is InChI=1S/C17H24F2IN3O/c1-11(2)13(24)14-21-12(20)7-23(14)16-8-15(9-16,10-16)22-5-3-17(18,19)4-6-22/h7,11,13,24H,3-6,8-10H2,1-2H3. The van der Waals surface area contributed by atoms with E-state index < -0.39 is 12.0 Å². The fraction of sp³-hybridized carbons (Fsp3) is 0.824. The number of rotatable bonds is 4. The number of aliphatic hydroxyl groups is 1. The second-order valence-corrected chi connectivity index (χ2v) is 9.41.